The van der Waals surface area contributed by atoms with Gasteiger partial charge in [0.25, 0.3) is 0 Å². The van der Waals surface area contributed by atoms with Gasteiger partial charge in [0.05, 0.1) is 13.2 Å². The average molecular weight is 844 g/mol. The summed E-state index contributed by atoms with van der Waals surface area (Å²) in [5.41, 5.74) is 0. The highest BCUT2D eigenvalue weighted by Gasteiger charge is 2.28. The number of aliphatic hydroxyl groups is 1. The number of nitrogens with one attached hydrogen (secondary N) is 1. The second-order valence-electron chi connectivity index (χ2n) is 15.9. The van der Waals surface area contributed by atoms with E-state index in [0.29, 0.717) is 12.8 Å². The van der Waals surface area contributed by atoms with Crippen LogP contribution < -0.4 is 5.32 Å². The number of carboxylic acids is 1. The van der Waals surface area contributed by atoms with Crippen molar-refractivity contribution in [3.05, 3.63) is 24.3 Å². The van der Waals surface area contributed by atoms with E-state index in [1.165, 1.54) is 116 Å². The Morgan fingerprint density at radius 2 is 0.966 bits per heavy atom. The number of aliphatic carboxylic acids is 1. The number of carbonyl (C=O) groups is 3. The second kappa shape index (κ2) is 41.7. The van der Waals surface area contributed by atoms with E-state index in [0.717, 1.165) is 64.2 Å². The number of unbranched alkanes of at least 4 members (excludes halogenated alkanes) is 26. The van der Waals surface area contributed by atoms with Gasteiger partial charge in [-0.15, -0.1) is 0 Å². The van der Waals surface area contributed by atoms with E-state index in [1.54, 1.807) is 0 Å². The molecule has 0 heterocycles. The summed E-state index contributed by atoms with van der Waals surface area (Å²) < 4.78 is 26.9. The molecule has 0 aromatic heterocycles. The largest absolute Gasteiger partial charge is 0.480 e. The van der Waals surface area contributed by atoms with Gasteiger partial charge in [0, 0.05) is 12.8 Å². The Hall–Kier alpha value is -2.04. The molecule has 12 heteroatoms. The lowest BCUT2D eigenvalue weighted by molar-refractivity contribution is -0.147. The van der Waals surface area contributed by atoms with Gasteiger partial charge in [0.2, 0.25) is 5.91 Å². The molecule has 0 bridgehead atoms. The second-order valence-corrected chi connectivity index (χ2v) is 17.4. The van der Waals surface area contributed by atoms with Crippen molar-refractivity contribution in [2.45, 2.75) is 231 Å². The summed E-state index contributed by atoms with van der Waals surface area (Å²) in [6, 6.07) is -1.55. The van der Waals surface area contributed by atoms with Gasteiger partial charge < -0.3 is 25.2 Å². The van der Waals surface area contributed by atoms with E-state index in [9.17, 15) is 34.1 Å². The summed E-state index contributed by atoms with van der Waals surface area (Å²) in [7, 11) is -4.76. The highest BCUT2D eigenvalue weighted by molar-refractivity contribution is 7.47. The molecule has 58 heavy (non-hydrogen) atoms. The van der Waals surface area contributed by atoms with E-state index < -0.39 is 57.6 Å². The smallest absolute Gasteiger partial charge is 0.472 e. The molecule has 11 nitrogen and oxygen atoms in total. The number of esters is 1. The molecule has 1 amide bonds. The van der Waals surface area contributed by atoms with E-state index in [4.69, 9.17) is 13.8 Å². The molecule has 0 fully saturated rings. The maximum Gasteiger partial charge on any atom is 0.472 e. The van der Waals surface area contributed by atoms with Crippen molar-refractivity contribution in [1.82, 2.24) is 5.32 Å². The fourth-order valence-electron chi connectivity index (χ4n) is 6.57. The number of carbonyl (C=O) groups excluding carboxylic acids is 2. The third-order valence-electron chi connectivity index (χ3n) is 10.2. The zero-order valence-electron chi connectivity index (χ0n) is 36.9. The molecule has 0 saturated carbocycles. The lowest BCUT2D eigenvalue weighted by Gasteiger charge is -2.18. The van der Waals surface area contributed by atoms with E-state index in [2.05, 4.69) is 43.5 Å². The van der Waals surface area contributed by atoms with E-state index in [1.807, 2.05) is 0 Å². The Labute approximate surface area is 353 Å². The molecule has 0 saturated heterocycles. The summed E-state index contributed by atoms with van der Waals surface area (Å²) in [6.45, 7) is 2.56. The van der Waals surface area contributed by atoms with Gasteiger partial charge in [-0.1, -0.05) is 192 Å². The topological polar surface area (TPSA) is 169 Å². The zero-order chi connectivity index (χ0) is 42.8. The fraction of sp³-hybridized carbons (Fsp3) is 0.848. The predicted octanol–water partition coefficient (Wildman–Crippen LogP) is 12.2. The predicted molar refractivity (Wildman–Crippen MR) is 236 cm³/mol. The van der Waals surface area contributed by atoms with Crippen molar-refractivity contribution < 1.29 is 47.8 Å². The van der Waals surface area contributed by atoms with Gasteiger partial charge in [-0.2, -0.15) is 0 Å². The molecule has 0 spiro atoms. The Morgan fingerprint density at radius 1 is 0.552 bits per heavy atom. The first-order valence-electron chi connectivity index (χ1n) is 23.4. The average Bonchev–Trinajstić information content (AvgIpc) is 3.20. The Bertz CT molecular complexity index is 1080. The minimum atomic E-state index is -4.76. The van der Waals surface area contributed by atoms with Crippen LogP contribution in [0.5, 0.6) is 0 Å². The molecule has 3 atom stereocenters. The van der Waals surface area contributed by atoms with Crippen molar-refractivity contribution in [2.24, 2.45) is 0 Å². The maximum atomic E-state index is 12.3. The first kappa shape index (κ1) is 56.0. The van der Waals surface area contributed by atoms with Crippen LogP contribution >= 0.6 is 7.82 Å². The molecule has 0 rings (SSSR count). The Balaban J connectivity index is 3.83. The standard InChI is InChI=1S/C46H86NO10P/c1-3-5-7-9-11-13-15-17-19-20-21-22-23-24-26-28-30-32-34-36-38-45(50)55-39-42(48)40-56-58(53,54)57-41-43(46(51)52)47-44(49)37-35-33-31-29-27-25-18-16-14-12-10-8-6-4-2/h10,12,16,18,42-43,48H,3-9,11,13-15,17,19-41H2,1-2H3,(H,47,49)(H,51,52)(H,53,54)/b12-10-,18-16-. The summed E-state index contributed by atoms with van der Waals surface area (Å²) in [5, 5.41) is 21.8. The van der Waals surface area contributed by atoms with Crippen LogP contribution in [0.1, 0.15) is 219 Å². The first-order valence-corrected chi connectivity index (χ1v) is 24.9. The molecule has 0 aromatic carbocycles. The van der Waals surface area contributed by atoms with Gasteiger partial charge in [-0.3, -0.25) is 18.6 Å². The SMILES string of the molecule is CCCC/C=C\C/C=C\CCCCCCCC(=O)NC(COP(=O)(O)OCC(O)COC(=O)CCCCCCCCCCCCCCCCCCCCCC)C(=O)O. The number of allylic oxidation sites excluding steroid dienone is 4. The van der Waals surface area contributed by atoms with Crippen molar-refractivity contribution in [3.63, 3.8) is 0 Å². The van der Waals surface area contributed by atoms with Gasteiger partial charge in [-0.25, -0.2) is 9.36 Å². The lowest BCUT2D eigenvalue weighted by Crippen LogP contribution is -2.43. The lowest BCUT2D eigenvalue weighted by atomic mass is 10.0. The number of phosphoric acid groups is 1. The Morgan fingerprint density at radius 3 is 1.45 bits per heavy atom. The summed E-state index contributed by atoms with van der Waals surface area (Å²) in [6.07, 6.45) is 43.5. The van der Waals surface area contributed by atoms with Gasteiger partial charge in [-0.05, 0) is 38.5 Å². The Kier molecular flexibility index (Phi) is 40.2. The van der Waals surface area contributed by atoms with Crippen molar-refractivity contribution >= 4 is 25.7 Å². The van der Waals surface area contributed by atoms with Crippen LogP contribution in [0.4, 0.5) is 0 Å². The molecule has 0 aromatic rings. The van der Waals surface area contributed by atoms with E-state index >= 15 is 0 Å². The molecule has 4 N–H and O–H groups in total. The van der Waals surface area contributed by atoms with Gasteiger partial charge in [0.15, 0.2) is 6.04 Å². The number of rotatable bonds is 44. The van der Waals surface area contributed by atoms with Crippen LogP contribution in [0.3, 0.4) is 0 Å². The normalized spacial score (nSPS) is 13.9. The van der Waals surface area contributed by atoms with Crippen LogP contribution in [0.25, 0.3) is 0 Å². The highest BCUT2D eigenvalue weighted by Crippen LogP contribution is 2.43. The molecule has 0 aliphatic rings. The molecule has 0 aliphatic heterocycles. The van der Waals surface area contributed by atoms with Crippen LogP contribution in [-0.4, -0.2) is 64.9 Å². The number of phosphoric ester groups is 1. The molecule has 340 valence electrons. The third-order valence-corrected chi connectivity index (χ3v) is 11.2. The van der Waals surface area contributed by atoms with E-state index in [-0.39, 0.29) is 12.8 Å². The summed E-state index contributed by atoms with van der Waals surface area (Å²) in [4.78, 5) is 45.9. The number of ether oxygens (including phenoxy) is 1. The van der Waals surface area contributed by atoms with Gasteiger partial charge >= 0.3 is 19.8 Å². The first-order chi connectivity index (χ1) is 28.1. The zero-order valence-corrected chi connectivity index (χ0v) is 37.8. The third kappa shape index (κ3) is 40.7. The quantitative estimate of drug-likeness (QED) is 0.0200. The molecule has 0 aliphatic carbocycles. The molecular formula is C46H86NO10P. The molecular weight excluding hydrogens is 757 g/mol. The van der Waals surface area contributed by atoms with Crippen molar-refractivity contribution in [1.29, 1.82) is 0 Å². The van der Waals surface area contributed by atoms with Crippen molar-refractivity contribution in [3.8, 4) is 0 Å². The summed E-state index contributed by atoms with van der Waals surface area (Å²) in [5.74, 6) is -2.38. The number of hydrogen-bond donors (Lipinski definition) is 4. The number of hydrogen-bond acceptors (Lipinski definition) is 8. The fourth-order valence-corrected chi connectivity index (χ4v) is 7.34. The maximum absolute atomic E-state index is 12.3. The molecule has 3 unspecified atom stereocenters. The van der Waals surface area contributed by atoms with Crippen LogP contribution in [-0.2, 0) is 32.7 Å². The van der Waals surface area contributed by atoms with Crippen LogP contribution in [0.2, 0.25) is 0 Å². The number of amides is 1. The number of aliphatic hydroxyl groups excluding tert-OH is 1. The monoisotopic (exact) mass is 844 g/mol. The minimum absolute atomic E-state index is 0.131. The minimum Gasteiger partial charge on any atom is -0.480 e. The summed E-state index contributed by atoms with van der Waals surface area (Å²) >= 11 is 0. The van der Waals surface area contributed by atoms with Crippen LogP contribution in [0, 0.1) is 0 Å². The van der Waals surface area contributed by atoms with Crippen molar-refractivity contribution in [2.75, 3.05) is 19.8 Å². The highest BCUT2D eigenvalue weighted by atomic mass is 31.2. The van der Waals surface area contributed by atoms with Crippen LogP contribution in [0.15, 0.2) is 24.3 Å². The number of carboxylic acid groups (broad SMARTS) is 1. The van der Waals surface area contributed by atoms with Gasteiger partial charge in [0.1, 0.15) is 12.7 Å². The molecule has 0 radical (unpaired) electrons.